The van der Waals surface area contributed by atoms with Gasteiger partial charge >= 0.3 is 16.8 Å². The third kappa shape index (κ3) is 7.58. The zero-order chi connectivity index (χ0) is 44.3. The monoisotopic (exact) mass is 919 g/mol. The van der Waals surface area contributed by atoms with Gasteiger partial charge in [0, 0.05) is 5.41 Å². The Bertz CT molecular complexity index is 2770. The van der Waals surface area contributed by atoms with Gasteiger partial charge in [0.25, 0.3) is 0 Å². The van der Waals surface area contributed by atoms with Crippen LogP contribution in [0.5, 0.6) is 0 Å². The number of hydrogen-bond donors (Lipinski definition) is 0. The molecular formula is C64H64CoN2. The minimum atomic E-state index is -0.656. The molecule has 0 saturated heterocycles. The molecule has 2 heterocycles. The summed E-state index contributed by atoms with van der Waals surface area (Å²) in [5.41, 5.74) is 15.6. The second-order valence-electron chi connectivity index (χ2n) is 20.5. The van der Waals surface area contributed by atoms with E-state index in [2.05, 4.69) is 223 Å². The third-order valence-corrected chi connectivity index (χ3v) is 16.7. The van der Waals surface area contributed by atoms with Gasteiger partial charge in [-0.05, 0) is 150 Å². The van der Waals surface area contributed by atoms with Crippen LogP contribution in [0.25, 0.3) is 5.57 Å². The van der Waals surface area contributed by atoms with Crippen LogP contribution in [0.2, 0.25) is 0 Å². The molecule has 3 heteroatoms. The number of allylic oxidation sites excluding steroid dienone is 2. The molecule has 4 aliphatic rings. The number of nitrogens with zero attached hydrogens (tertiary/aromatic N) is 2. The van der Waals surface area contributed by atoms with E-state index >= 15 is 0 Å². The fourth-order valence-corrected chi connectivity index (χ4v) is 13.9. The zero-order valence-electron chi connectivity index (χ0n) is 40.0. The molecule has 0 spiro atoms. The van der Waals surface area contributed by atoms with Gasteiger partial charge in [-0.3, -0.25) is 4.99 Å². The van der Waals surface area contributed by atoms with Crippen molar-refractivity contribution in [2.24, 2.45) is 40.0 Å². The van der Waals surface area contributed by atoms with Crippen LogP contribution < -0.4 is 4.98 Å². The molecule has 339 valence electrons. The van der Waals surface area contributed by atoms with Crippen LogP contribution in [0.1, 0.15) is 107 Å². The van der Waals surface area contributed by atoms with Crippen molar-refractivity contribution in [2.45, 2.75) is 77.6 Å². The molecule has 2 nitrogen and oxygen atoms in total. The second-order valence-corrected chi connectivity index (χ2v) is 20.5. The van der Waals surface area contributed by atoms with E-state index < -0.39 is 10.8 Å². The van der Waals surface area contributed by atoms with Gasteiger partial charge in [0.15, 0.2) is 0 Å². The largest absolute Gasteiger partial charge is 2.00 e. The maximum absolute atomic E-state index is 6.04. The van der Waals surface area contributed by atoms with E-state index in [1.54, 1.807) is 0 Å². The van der Waals surface area contributed by atoms with Gasteiger partial charge in [-0.1, -0.05) is 195 Å². The molecule has 5 unspecified atom stereocenters. The average molecular weight is 920 g/mol. The number of benzene rings is 6. The zero-order valence-corrected chi connectivity index (χ0v) is 41.1. The number of aromatic nitrogens is 1. The predicted octanol–water partition coefficient (Wildman–Crippen LogP) is 15.3. The number of fused-ring (bicyclic) bond motifs is 1. The number of hydrogen-bond acceptors (Lipinski definition) is 1. The first-order valence-electron chi connectivity index (χ1n) is 24.2. The Hall–Kier alpha value is -5.74. The number of aliphatic imine (C=N–C) groups is 1. The van der Waals surface area contributed by atoms with Crippen LogP contribution in [-0.4, -0.2) is 5.71 Å². The van der Waals surface area contributed by atoms with Crippen molar-refractivity contribution in [1.82, 2.24) is 4.98 Å². The standard InChI is InChI=1S/C63H61N2.CH3.Co/c1-42-37-44(3)59(45(4)38-42)60(55-31-33-57(64-55)62(46-21-11-6-12-22-46,47-23-13-7-14-24-47)48-25-15-8-16-26-48)56-32-34-58(65-56)63(49-27-17-9-18-28-49,50-29-19-10-20-30-50)54-41-61(5)36-35-43(2)51-39-52(54)53(51)40-61;;/h6-34,37-38,43,51-54H,35-36,39-41H2,1-5H3;1H3;/q2*-1;+2/b60-55+;;/t43?,51?,52?,53?,54-,61?;;/m0../s1. The summed E-state index contributed by atoms with van der Waals surface area (Å²) < 4.78 is 0. The molecular weight excluding hydrogens is 856 g/mol. The summed E-state index contributed by atoms with van der Waals surface area (Å²) in [6.07, 6.45) is 11.1. The van der Waals surface area contributed by atoms with Gasteiger partial charge in [-0.15, -0.1) is 11.4 Å². The first-order valence-corrected chi connectivity index (χ1v) is 24.2. The fourth-order valence-electron chi connectivity index (χ4n) is 13.9. The first kappa shape index (κ1) is 46.4. The molecule has 0 amide bonds. The van der Waals surface area contributed by atoms with Crippen molar-refractivity contribution in [3.8, 4) is 0 Å². The molecule has 1 aliphatic heterocycles. The van der Waals surface area contributed by atoms with Crippen LogP contribution in [0.4, 0.5) is 0 Å². The summed E-state index contributed by atoms with van der Waals surface area (Å²) in [5, 5.41) is 0. The van der Waals surface area contributed by atoms with Crippen LogP contribution >= 0.6 is 0 Å². The maximum Gasteiger partial charge on any atom is 2.00 e. The molecule has 3 fully saturated rings. The predicted molar refractivity (Wildman–Crippen MR) is 276 cm³/mol. The number of rotatable bonds is 10. The molecule has 1 radical (unpaired) electrons. The Morgan fingerprint density at radius 3 is 1.60 bits per heavy atom. The molecule has 2 bridgehead atoms. The van der Waals surface area contributed by atoms with Crippen molar-refractivity contribution >= 4 is 11.3 Å². The molecule has 7 aromatic rings. The topological polar surface area (TPSA) is 26.5 Å². The Kier molecular flexibility index (Phi) is 12.7. The van der Waals surface area contributed by atoms with E-state index in [0.29, 0.717) is 17.3 Å². The summed E-state index contributed by atoms with van der Waals surface area (Å²) in [5.74, 6) is 3.47. The molecule has 1 aromatic heterocycles. The third-order valence-electron chi connectivity index (χ3n) is 16.7. The van der Waals surface area contributed by atoms with Gasteiger partial charge < -0.3 is 12.4 Å². The summed E-state index contributed by atoms with van der Waals surface area (Å²) >= 11 is 0. The van der Waals surface area contributed by atoms with Crippen LogP contribution in [0.3, 0.4) is 0 Å². The van der Waals surface area contributed by atoms with Crippen molar-refractivity contribution < 1.29 is 16.8 Å². The Morgan fingerprint density at radius 2 is 1.09 bits per heavy atom. The van der Waals surface area contributed by atoms with Crippen molar-refractivity contribution in [2.75, 3.05) is 0 Å². The SMILES string of the molecule is Cc1cc(C)c(/C(=C2\C=CC(C(c3ccccc3)(c3ccccc3)c3ccccc3)=N2)c2ccc(C(c3ccccc3)(c3ccccc3)[C@H]3CC4(C)CCC(C)C5CC3C5C4)[n-]2)c(C)c1.[CH3-].[Co+2]. The minimum absolute atomic E-state index is 0. The Balaban J connectivity index is 0.00000281. The average Bonchev–Trinajstić information content (AvgIpc) is 4.02. The van der Waals surface area contributed by atoms with Gasteiger partial charge in [0.05, 0.1) is 16.8 Å². The second kappa shape index (κ2) is 18.4. The number of aryl methyl sites for hydroxylation is 3. The van der Waals surface area contributed by atoms with E-state index in [-0.39, 0.29) is 24.2 Å². The van der Waals surface area contributed by atoms with Crippen LogP contribution in [0.15, 0.2) is 199 Å². The molecule has 67 heavy (non-hydrogen) atoms. The van der Waals surface area contributed by atoms with E-state index in [1.807, 2.05) is 0 Å². The summed E-state index contributed by atoms with van der Waals surface area (Å²) in [6.45, 7) is 11.9. The minimum Gasteiger partial charge on any atom is -0.660 e. The van der Waals surface area contributed by atoms with E-state index in [1.165, 1.54) is 82.2 Å². The molecule has 11 rings (SSSR count). The van der Waals surface area contributed by atoms with E-state index in [0.717, 1.165) is 46.1 Å². The Morgan fingerprint density at radius 1 is 0.597 bits per heavy atom. The fraction of sp³-hybridized carbons (Fsp3) is 0.281. The smallest absolute Gasteiger partial charge is 0.660 e. The van der Waals surface area contributed by atoms with Gasteiger partial charge in [-0.2, -0.15) is 0 Å². The van der Waals surface area contributed by atoms with Crippen molar-refractivity contribution in [3.63, 3.8) is 0 Å². The summed E-state index contributed by atoms with van der Waals surface area (Å²) in [7, 11) is 0. The molecule has 3 aliphatic carbocycles. The van der Waals surface area contributed by atoms with Crippen molar-refractivity contribution in [3.05, 3.63) is 263 Å². The molecule has 3 saturated carbocycles. The van der Waals surface area contributed by atoms with Crippen LogP contribution in [0, 0.1) is 63.2 Å². The Labute approximate surface area is 411 Å². The molecule has 6 aromatic carbocycles. The van der Waals surface area contributed by atoms with E-state index in [4.69, 9.17) is 9.98 Å². The quantitative estimate of drug-likeness (QED) is 0.0992. The summed E-state index contributed by atoms with van der Waals surface area (Å²) in [6, 6.07) is 65.2. The van der Waals surface area contributed by atoms with Gasteiger partial charge in [0.1, 0.15) is 0 Å². The van der Waals surface area contributed by atoms with E-state index in [9.17, 15) is 0 Å². The van der Waals surface area contributed by atoms with Crippen LogP contribution in [-0.2, 0) is 27.6 Å². The normalized spacial score (nSPS) is 23.8. The maximum atomic E-state index is 6.04. The summed E-state index contributed by atoms with van der Waals surface area (Å²) in [4.78, 5) is 11.9. The van der Waals surface area contributed by atoms with Gasteiger partial charge in [0.2, 0.25) is 0 Å². The van der Waals surface area contributed by atoms with Crippen molar-refractivity contribution in [1.29, 1.82) is 0 Å². The van der Waals surface area contributed by atoms with Gasteiger partial charge in [-0.25, -0.2) is 0 Å². The molecule has 6 atom stereocenters. The molecule has 0 N–H and O–H groups in total. The first-order chi connectivity index (χ1) is 31.7.